The number of halogens is 1. The van der Waals surface area contributed by atoms with Crippen LogP contribution in [0.1, 0.15) is 50.4 Å². The van der Waals surface area contributed by atoms with E-state index in [4.69, 9.17) is 25.8 Å². The summed E-state index contributed by atoms with van der Waals surface area (Å²) in [6.45, 7) is 7.85. The van der Waals surface area contributed by atoms with Crippen LogP contribution in [0.2, 0.25) is 5.02 Å². The van der Waals surface area contributed by atoms with Crippen LogP contribution in [0.5, 0.6) is 11.5 Å². The lowest BCUT2D eigenvalue weighted by atomic mass is 9.95. The normalized spacial score (nSPS) is 14.9. The van der Waals surface area contributed by atoms with E-state index >= 15 is 0 Å². The molecule has 1 aliphatic heterocycles. The van der Waals surface area contributed by atoms with Crippen LogP contribution in [0.25, 0.3) is 6.08 Å². The van der Waals surface area contributed by atoms with Gasteiger partial charge in [-0.15, -0.1) is 0 Å². The van der Waals surface area contributed by atoms with Crippen LogP contribution in [-0.4, -0.2) is 23.2 Å². The molecule has 2 heterocycles. The topological polar surface area (TPSA) is 79.1 Å². The number of carbonyl (C=O) groups excluding carboxylic acids is 1. The van der Waals surface area contributed by atoms with Crippen LogP contribution < -0.4 is 24.4 Å². The second kappa shape index (κ2) is 12.8. The molecule has 1 aliphatic rings. The molecule has 0 aliphatic carbocycles. The number of esters is 1. The zero-order valence-electron chi connectivity index (χ0n) is 23.8. The predicted molar refractivity (Wildman–Crippen MR) is 165 cm³/mol. The van der Waals surface area contributed by atoms with Gasteiger partial charge in [-0.3, -0.25) is 9.36 Å². The Morgan fingerprint density at radius 2 is 1.74 bits per heavy atom. The second-order valence-electron chi connectivity index (χ2n) is 9.92. The van der Waals surface area contributed by atoms with E-state index in [1.807, 2.05) is 86.6 Å². The van der Waals surface area contributed by atoms with Gasteiger partial charge in [-0.2, -0.15) is 0 Å². The van der Waals surface area contributed by atoms with Gasteiger partial charge in [-0.1, -0.05) is 77.5 Å². The Labute approximate surface area is 253 Å². The van der Waals surface area contributed by atoms with E-state index < -0.39 is 12.0 Å². The lowest BCUT2D eigenvalue weighted by molar-refractivity contribution is -0.139. The van der Waals surface area contributed by atoms with Crippen molar-refractivity contribution in [1.29, 1.82) is 0 Å². The van der Waals surface area contributed by atoms with Crippen LogP contribution >= 0.6 is 22.9 Å². The van der Waals surface area contributed by atoms with Gasteiger partial charge in [-0.05, 0) is 52.0 Å². The Kier molecular flexibility index (Phi) is 8.94. The second-order valence-corrected chi connectivity index (χ2v) is 11.3. The summed E-state index contributed by atoms with van der Waals surface area (Å²) >= 11 is 7.58. The summed E-state index contributed by atoms with van der Waals surface area (Å²) in [5, 5.41) is 0.623. The molecule has 3 aromatic carbocycles. The molecule has 216 valence electrons. The number of ether oxygens (including phenoxy) is 3. The van der Waals surface area contributed by atoms with Gasteiger partial charge in [0.2, 0.25) is 0 Å². The number of rotatable bonds is 9. The Balaban J connectivity index is 1.63. The zero-order chi connectivity index (χ0) is 29.8. The molecular formula is C33H31ClN2O5S. The molecule has 0 N–H and O–H groups in total. The molecule has 0 spiro atoms. The predicted octanol–water partition coefficient (Wildman–Crippen LogP) is 5.82. The monoisotopic (exact) mass is 602 g/mol. The van der Waals surface area contributed by atoms with Gasteiger partial charge >= 0.3 is 5.97 Å². The van der Waals surface area contributed by atoms with E-state index in [-0.39, 0.29) is 24.9 Å². The number of nitrogens with zero attached hydrogens (tertiary/aromatic N) is 2. The smallest absolute Gasteiger partial charge is 0.338 e. The quantitative estimate of drug-likeness (QED) is 0.226. The summed E-state index contributed by atoms with van der Waals surface area (Å²) in [6, 6.07) is 21.7. The minimum atomic E-state index is -0.774. The van der Waals surface area contributed by atoms with Gasteiger partial charge < -0.3 is 14.2 Å². The first-order valence-electron chi connectivity index (χ1n) is 13.7. The Morgan fingerprint density at radius 3 is 2.48 bits per heavy atom. The van der Waals surface area contributed by atoms with Crippen molar-refractivity contribution in [2.75, 3.05) is 6.61 Å². The molecule has 7 nitrogen and oxygen atoms in total. The maximum Gasteiger partial charge on any atom is 0.338 e. The molecule has 42 heavy (non-hydrogen) atoms. The van der Waals surface area contributed by atoms with Crippen LogP contribution in [0.4, 0.5) is 0 Å². The van der Waals surface area contributed by atoms with Gasteiger partial charge in [0.15, 0.2) is 4.80 Å². The van der Waals surface area contributed by atoms with Gasteiger partial charge in [0.1, 0.15) is 24.1 Å². The highest BCUT2D eigenvalue weighted by Gasteiger charge is 2.35. The number of carbonyl (C=O) groups is 1. The molecular weight excluding hydrogens is 572 g/mol. The molecule has 5 rings (SSSR count). The molecule has 0 saturated carbocycles. The SMILES string of the molecule is CCOC(=O)C1=C(C)N=c2s/c(=C\c3ccccc3OCc3ccccc3Cl)c(=O)n2[C@H]1c1ccccc1OC(C)C. The van der Waals surface area contributed by atoms with Crippen LogP contribution in [0, 0.1) is 0 Å². The standard InChI is InChI=1S/C33H31ClN2O5S/c1-5-39-32(38)29-21(4)35-33-36(30(29)24-14-8-11-17-27(24)41-20(2)3)31(37)28(42-33)18-22-12-7-10-16-26(22)40-19-23-13-6-9-15-25(23)34/h6-18,20,30H,5,19H2,1-4H3/b28-18-/t30-/m0/s1. The first kappa shape index (κ1) is 29.4. The summed E-state index contributed by atoms with van der Waals surface area (Å²) in [5.74, 6) is 0.677. The van der Waals surface area contributed by atoms with E-state index in [2.05, 4.69) is 4.99 Å². The summed E-state index contributed by atoms with van der Waals surface area (Å²) in [5.41, 5.74) is 2.79. The number of hydrogen-bond acceptors (Lipinski definition) is 7. The highest BCUT2D eigenvalue weighted by atomic mass is 35.5. The molecule has 1 atom stereocenters. The van der Waals surface area contributed by atoms with E-state index in [0.29, 0.717) is 42.7 Å². The third-order valence-corrected chi connectivity index (χ3v) is 7.99. The zero-order valence-corrected chi connectivity index (χ0v) is 25.4. The van der Waals surface area contributed by atoms with Crippen molar-refractivity contribution < 1.29 is 19.0 Å². The third-order valence-electron chi connectivity index (χ3n) is 6.64. The number of allylic oxidation sites excluding steroid dienone is 1. The molecule has 9 heteroatoms. The fourth-order valence-corrected chi connectivity index (χ4v) is 6.02. The van der Waals surface area contributed by atoms with E-state index in [1.54, 1.807) is 24.5 Å². The largest absolute Gasteiger partial charge is 0.491 e. The molecule has 0 fully saturated rings. The lowest BCUT2D eigenvalue weighted by Gasteiger charge is -2.26. The lowest BCUT2D eigenvalue weighted by Crippen LogP contribution is -2.40. The summed E-state index contributed by atoms with van der Waals surface area (Å²) in [4.78, 5) is 32.6. The van der Waals surface area contributed by atoms with E-state index in [1.165, 1.54) is 11.3 Å². The van der Waals surface area contributed by atoms with Gasteiger partial charge in [0.05, 0.1) is 28.5 Å². The number of benzene rings is 3. The highest BCUT2D eigenvalue weighted by molar-refractivity contribution is 7.07. The van der Waals surface area contributed by atoms with Gasteiger partial charge in [-0.25, -0.2) is 9.79 Å². The van der Waals surface area contributed by atoms with Gasteiger partial charge in [0.25, 0.3) is 5.56 Å². The van der Waals surface area contributed by atoms with Crippen molar-refractivity contribution in [3.63, 3.8) is 0 Å². The first-order valence-corrected chi connectivity index (χ1v) is 14.9. The van der Waals surface area contributed by atoms with Crippen molar-refractivity contribution in [3.8, 4) is 11.5 Å². The van der Waals surface area contributed by atoms with Crippen LogP contribution in [0.15, 0.2) is 93.9 Å². The molecule has 0 amide bonds. The highest BCUT2D eigenvalue weighted by Crippen LogP contribution is 2.36. The molecule has 0 bridgehead atoms. The number of aromatic nitrogens is 1. The number of hydrogen-bond donors (Lipinski definition) is 0. The summed E-state index contributed by atoms with van der Waals surface area (Å²) in [6.07, 6.45) is 1.68. The van der Waals surface area contributed by atoms with Crippen molar-refractivity contribution in [2.24, 2.45) is 4.99 Å². The molecule has 4 aromatic rings. The minimum Gasteiger partial charge on any atom is -0.491 e. The number of fused-ring (bicyclic) bond motifs is 1. The third kappa shape index (κ3) is 6.05. The average Bonchev–Trinajstić information content (AvgIpc) is 3.26. The Morgan fingerprint density at radius 1 is 1.05 bits per heavy atom. The van der Waals surface area contributed by atoms with Crippen LogP contribution in [-0.2, 0) is 16.1 Å². The van der Waals surface area contributed by atoms with Crippen LogP contribution in [0.3, 0.4) is 0 Å². The molecule has 0 radical (unpaired) electrons. The number of thiazole rings is 1. The Hall–Kier alpha value is -4.14. The van der Waals surface area contributed by atoms with Crippen molar-refractivity contribution >= 4 is 35.0 Å². The maximum atomic E-state index is 14.1. The van der Waals surface area contributed by atoms with Crippen molar-refractivity contribution in [2.45, 2.75) is 46.4 Å². The summed E-state index contributed by atoms with van der Waals surface area (Å²) < 4.78 is 19.7. The fraction of sp³-hybridized carbons (Fsp3) is 0.242. The van der Waals surface area contributed by atoms with E-state index in [0.717, 1.165) is 11.1 Å². The average molecular weight is 603 g/mol. The molecule has 0 saturated heterocycles. The van der Waals surface area contributed by atoms with E-state index in [9.17, 15) is 9.59 Å². The van der Waals surface area contributed by atoms with Gasteiger partial charge in [0, 0.05) is 21.7 Å². The first-order chi connectivity index (χ1) is 20.3. The number of para-hydroxylation sites is 2. The van der Waals surface area contributed by atoms with Crippen molar-refractivity contribution in [1.82, 2.24) is 4.57 Å². The summed E-state index contributed by atoms with van der Waals surface area (Å²) in [7, 11) is 0. The minimum absolute atomic E-state index is 0.111. The fourth-order valence-electron chi connectivity index (χ4n) is 4.80. The Bertz CT molecular complexity index is 1840. The molecule has 1 aromatic heterocycles. The van der Waals surface area contributed by atoms with Crippen molar-refractivity contribution in [3.05, 3.63) is 125 Å². The maximum absolute atomic E-state index is 14.1. The molecule has 0 unspecified atom stereocenters.